The summed E-state index contributed by atoms with van der Waals surface area (Å²) in [6.45, 7) is 0.288. The monoisotopic (exact) mass is 366 g/mol. The molecule has 1 amide bonds. The lowest BCUT2D eigenvalue weighted by Gasteiger charge is -2.09. The Kier molecular flexibility index (Phi) is 5.02. The topological polar surface area (TPSA) is 50.7 Å². The van der Waals surface area contributed by atoms with Crippen LogP contribution in [-0.2, 0) is 16.2 Å². The van der Waals surface area contributed by atoms with Crippen molar-refractivity contribution in [1.82, 2.24) is 5.32 Å². The summed E-state index contributed by atoms with van der Waals surface area (Å²) in [6.07, 6.45) is -0.399. The van der Waals surface area contributed by atoms with Gasteiger partial charge in [-0.25, -0.2) is 4.39 Å². The Balaban J connectivity index is 1.58. The zero-order valence-electron chi connectivity index (χ0n) is 12.4. The molecule has 4 nitrogen and oxygen atoms in total. The van der Waals surface area contributed by atoms with Gasteiger partial charge in [-0.15, -0.1) is 0 Å². The highest BCUT2D eigenvalue weighted by Crippen LogP contribution is 2.26. The second-order valence-corrected chi connectivity index (χ2v) is 6.15. The molecule has 0 aliphatic carbocycles. The summed E-state index contributed by atoms with van der Waals surface area (Å²) in [6, 6.07) is 11.0. The standard InChI is InChI=1S/C17H13Cl2FN2O2/c18-11-3-6-13(14(19)7-11)15-8-16(24-22-15)17(23)21-9-10-1-4-12(20)5-2-10/h1-7,16H,8-9H2,(H,21,23)/t16-/m0/s1. The van der Waals surface area contributed by atoms with Crippen molar-refractivity contribution in [1.29, 1.82) is 0 Å². The number of nitrogens with zero attached hydrogens (tertiary/aromatic N) is 1. The average molecular weight is 367 g/mol. The van der Waals surface area contributed by atoms with Crippen LogP contribution in [0.25, 0.3) is 0 Å². The molecule has 1 aliphatic rings. The largest absolute Gasteiger partial charge is 0.382 e. The average Bonchev–Trinajstić information content (AvgIpc) is 3.04. The zero-order chi connectivity index (χ0) is 17.1. The van der Waals surface area contributed by atoms with E-state index in [2.05, 4.69) is 10.5 Å². The van der Waals surface area contributed by atoms with Gasteiger partial charge in [0.25, 0.3) is 5.91 Å². The highest BCUT2D eigenvalue weighted by Gasteiger charge is 2.29. The maximum absolute atomic E-state index is 12.9. The van der Waals surface area contributed by atoms with Crippen LogP contribution in [0.15, 0.2) is 47.6 Å². The fourth-order valence-corrected chi connectivity index (χ4v) is 2.82. The van der Waals surface area contributed by atoms with Gasteiger partial charge < -0.3 is 10.2 Å². The normalized spacial score (nSPS) is 16.5. The first-order valence-electron chi connectivity index (χ1n) is 7.23. The molecule has 1 aliphatic heterocycles. The lowest BCUT2D eigenvalue weighted by atomic mass is 10.0. The van der Waals surface area contributed by atoms with Gasteiger partial charge in [0.2, 0.25) is 6.10 Å². The Morgan fingerprint density at radius 1 is 1.25 bits per heavy atom. The van der Waals surface area contributed by atoms with Gasteiger partial charge >= 0.3 is 0 Å². The molecule has 1 heterocycles. The van der Waals surface area contributed by atoms with Crippen LogP contribution in [0.1, 0.15) is 17.5 Å². The van der Waals surface area contributed by atoms with Crippen LogP contribution in [0, 0.1) is 5.82 Å². The molecule has 0 unspecified atom stereocenters. The summed E-state index contributed by atoms with van der Waals surface area (Å²) < 4.78 is 12.9. The smallest absolute Gasteiger partial charge is 0.264 e. The molecule has 0 fully saturated rings. The van der Waals surface area contributed by atoms with Crippen LogP contribution in [0.5, 0.6) is 0 Å². The maximum atomic E-state index is 12.9. The van der Waals surface area contributed by atoms with E-state index in [4.69, 9.17) is 28.0 Å². The number of nitrogens with one attached hydrogen (secondary N) is 1. The Labute approximate surface area is 148 Å². The van der Waals surface area contributed by atoms with E-state index in [1.165, 1.54) is 12.1 Å². The summed E-state index contributed by atoms with van der Waals surface area (Å²) in [7, 11) is 0. The molecule has 0 spiro atoms. The number of oxime groups is 1. The molecule has 7 heteroatoms. The Morgan fingerprint density at radius 3 is 2.71 bits per heavy atom. The van der Waals surface area contributed by atoms with Gasteiger partial charge in [-0.2, -0.15) is 0 Å². The molecule has 124 valence electrons. The van der Waals surface area contributed by atoms with Gasteiger partial charge in [0.05, 0.1) is 10.7 Å². The first kappa shape index (κ1) is 16.7. The lowest BCUT2D eigenvalue weighted by molar-refractivity contribution is -0.131. The highest BCUT2D eigenvalue weighted by atomic mass is 35.5. The number of carbonyl (C=O) groups excluding carboxylic acids is 1. The molecule has 0 radical (unpaired) electrons. The fraction of sp³-hybridized carbons (Fsp3) is 0.176. The van der Waals surface area contributed by atoms with E-state index in [9.17, 15) is 9.18 Å². The summed E-state index contributed by atoms with van der Waals surface area (Å²) in [5.74, 6) is -0.606. The van der Waals surface area contributed by atoms with E-state index in [-0.39, 0.29) is 18.3 Å². The van der Waals surface area contributed by atoms with E-state index in [1.54, 1.807) is 30.3 Å². The minimum absolute atomic E-state index is 0.288. The molecule has 0 saturated carbocycles. The van der Waals surface area contributed by atoms with Crippen molar-refractivity contribution in [3.8, 4) is 0 Å². The minimum atomic E-state index is -0.716. The number of rotatable bonds is 4. The van der Waals surface area contributed by atoms with Crippen LogP contribution in [-0.4, -0.2) is 17.7 Å². The molecule has 2 aromatic carbocycles. The Bertz CT molecular complexity index is 794. The van der Waals surface area contributed by atoms with E-state index >= 15 is 0 Å². The fourth-order valence-electron chi connectivity index (χ4n) is 2.31. The Morgan fingerprint density at radius 2 is 2.00 bits per heavy atom. The van der Waals surface area contributed by atoms with E-state index in [0.29, 0.717) is 27.7 Å². The second-order valence-electron chi connectivity index (χ2n) is 5.30. The molecular weight excluding hydrogens is 354 g/mol. The zero-order valence-corrected chi connectivity index (χ0v) is 13.9. The number of amides is 1. The molecule has 3 rings (SSSR count). The summed E-state index contributed by atoms with van der Waals surface area (Å²) in [5.41, 5.74) is 2.08. The lowest BCUT2D eigenvalue weighted by Crippen LogP contribution is -2.34. The van der Waals surface area contributed by atoms with Gasteiger partial charge in [-0.05, 0) is 29.8 Å². The van der Waals surface area contributed by atoms with Gasteiger partial charge in [0, 0.05) is 23.6 Å². The van der Waals surface area contributed by atoms with Gasteiger partial charge in [-0.1, -0.05) is 46.6 Å². The van der Waals surface area contributed by atoms with Crippen molar-refractivity contribution < 1.29 is 14.0 Å². The van der Waals surface area contributed by atoms with Crippen molar-refractivity contribution >= 4 is 34.8 Å². The van der Waals surface area contributed by atoms with Crippen LogP contribution in [0.3, 0.4) is 0 Å². The molecular formula is C17H13Cl2FN2O2. The SMILES string of the molecule is O=C(NCc1ccc(F)cc1)[C@@H]1CC(c2ccc(Cl)cc2Cl)=NO1. The van der Waals surface area contributed by atoms with E-state index in [1.807, 2.05) is 0 Å². The summed E-state index contributed by atoms with van der Waals surface area (Å²) in [5, 5.41) is 7.67. The first-order chi connectivity index (χ1) is 11.5. The molecule has 0 bridgehead atoms. The molecule has 2 aromatic rings. The number of benzene rings is 2. The number of hydrogen-bond donors (Lipinski definition) is 1. The predicted molar refractivity (Wildman–Crippen MR) is 90.7 cm³/mol. The molecule has 1 atom stereocenters. The summed E-state index contributed by atoms with van der Waals surface area (Å²) >= 11 is 12.0. The van der Waals surface area contributed by atoms with Crippen LogP contribution in [0.2, 0.25) is 10.0 Å². The predicted octanol–water partition coefficient (Wildman–Crippen LogP) is 3.94. The molecule has 1 N–H and O–H groups in total. The third kappa shape index (κ3) is 3.86. The Hall–Kier alpha value is -2.11. The quantitative estimate of drug-likeness (QED) is 0.890. The van der Waals surface area contributed by atoms with E-state index < -0.39 is 6.10 Å². The van der Waals surface area contributed by atoms with Gasteiger partial charge in [0.15, 0.2) is 0 Å². The number of halogens is 3. The van der Waals surface area contributed by atoms with Gasteiger partial charge in [0.1, 0.15) is 5.82 Å². The number of hydrogen-bond acceptors (Lipinski definition) is 3. The highest BCUT2D eigenvalue weighted by molar-refractivity contribution is 6.37. The molecule has 24 heavy (non-hydrogen) atoms. The third-order valence-corrected chi connectivity index (χ3v) is 4.13. The van der Waals surface area contributed by atoms with Crippen molar-refractivity contribution in [2.75, 3.05) is 0 Å². The maximum Gasteiger partial charge on any atom is 0.264 e. The van der Waals surface area contributed by atoms with Crippen LogP contribution in [0.4, 0.5) is 4.39 Å². The van der Waals surface area contributed by atoms with Crippen molar-refractivity contribution in [2.24, 2.45) is 5.16 Å². The van der Waals surface area contributed by atoms with Crippen molar-refractivity contribution in [3.05, 3.63) is 69.5 Å². The first-order valence-corrected chi connectivity index (χ1v) is 7.99. The third-order valence-electron chi connectivity index (χ3n) is 3.58. The van der Waals surface area contributed by atoms with Gasteiger partial charge in [-0.3, -0.25) is 4.79 Å². The van der Waals surface area contributed by atoms with Crippen molar-refractivity contribution in [2.45, 2.75) is 19.1 Å². The molecule has 0 saturated heterocycles. The van der Waals surface area contributed by atoms with Crippen LogP contribution >= 0.6 is 23.2 Å². The summed E-state index contributed by atoms with van der Waals surface area (Å²) in [4.78, 5) is 17.4. The van der Waals surface area contributed by atoms with E-state index in [0.717, 1.165) is 5.56 Å². The van der Waals surface area contributed by atoms with Crippen molar-refractivity contribution in [3.63, 3.8) is 0 Å². The second kappa shape index (κ2) is 7.20. The van der Waals surface area contributed by atoms with Crippen LogP contribution < -0.4 is 5.32 Å². The minimum Gasteiger partial charge on any atom is -0.382 e. The number of carbonyl (C=O) groups is 1. The molecule has 0 aromatic heterocycles.